The quantitative estimate of drug-likeness (QED) is 0.783. The van der Waals surface area contributed by atoms with Crippen molar-refractivity contribution in [2.24, 2.45) is 0 Å². The van der Waals surface area contributed by atoms with E-state index in [0.717, 1.165) is 11.1 Å². The molecule has 0 fully saturated rings. The lowest BCUT2D eigenvalue weighted by Gasteiger charge is -2.05. The monoisotopic (exact) mass is 238 g/mol. The van der Waals surface area contributed by atoms with Crippen LogP contribution in [0.3, 0.4) is 0 Å². The third kappa shape index (κ3) is 2.09. The van der Waals surface area contributed by atoms with Crippen molar-refractivity contribution in [3.05, 3.63) is 52.5 Å². The predicted octanol–water partition coefficient (Wildman–Crippen LogP) is 4.37. The highest BCUT2D eigenvalue weighted by Gasteiger charge is 2.06. The van der Waals surface area contributed by atoms with Gasteiger partial charge < -0.3 is 5.11 Å². The largest absolute Gasteiger partial charge is 0.508 e. The Morgan fingerprint density at radius 1 is 0.933 bits per heavy atom. The van der Waals surface area contributed by atoms with E-state index in [2.05, 4.69) is 0 Å². The Kier molecular flexibility index (Phi) is 2.85. The van der Waals surface area contributed by atoms with Gasteiger partial charge in [0.25, 0.3) is 0 Å². The highest BCUT2D eigenvalue weighted by molar-refractivity contribution is 6.43. The molecule has 0 aliphatic carbocycles. The molecule has 0 atom stereocenters. The fraction of sp³-hybridized carbons (Fsp3) is 0. The van der Waals surface area contributed by atoms with Crippen LogP contribution in [0.1, 0.15) is 0 Å². The molecule has 76 valence electrons. The molecule has 0 radical (unpaired) electrons. The van der Waals surface area contributed by atoms with Crippen molar-refractivity contribution in [1.29, 1.82) is 0 Å². The molecular weight excluding hydrogens is 231 g/mol. The molecule has 1 N–H and O–H groups in total. The molecule has 0 aliphatic rings. The first-order chi connectivity index (χ1) is 7.18. The van der Waals surface area contributed by atoms with Gasteiger partial charge in [0.1, 0.15) is 5.75 Å². The molecule has 0 aliphatic heterocycles. The van der Waals surface area contributed by atoms with E-state index in [4.69, 9.17) is 23.2 Å². The Labute approximate surface area is 97.9 Å². The fourth-order valence-electron chi connectivity index (χ4n) is 1.40. The van der Waals surface area contributed by atoms with Crippen LogP contribution >= 0.6 is 23.2 Å². The van der Waals surface area contributed by atoms with E-state index >= 15 is 0 Å². The average molecular weight is 239 g/mol. The van der Waals surface area contributed by atoms with Gasteiger partial charge >= 0.3 is 0 Å². The Hall–Kier alpha value is -1.18. The molecule has 15 heavy (non-hydrogen) atoms. The van der Waals surface area contributed by atoms with E-state index in [1.165, 1.54) is 0 Å². The lowest BCUT2D eigenvalue weighted by Crippen LogP contribution is -1.80. The van der Waals surface area contributed by atoms with Crippen LogP contribution in [0.4, 0.5) is 0 Å². The van der Waals surface area contributed by atoms with E-state index in [1.807, 2.05) is 18.2 Å². The highest BCUT2D eigenvalue weighted by atomic mass is 35.5. The second kappa shape index (κ2) is 4.13. The van der Waals surface area contributed by atoms with Gasteiger partial charge in [0.05, 0.1) is 10.0 Å². The van der Waals surface area contributed by atoms with E-state index in [0.29, 0.717) is 10.0 Å². The SMILES string of the molecule is Oc1cccc(-c2cccc(Cl)c2Cl)c1. The van der Waals surface area contributed by atoms with Crippen LogP contribution in [0.25, 0.3) is 11.1 Å². The van der Waals surface area contributed by atoms with Crippen LogP contribution in [0, 0.1) is 0 Å². The van der Waals surface area contributed by atoms with Gasteiger partial charge in [-0.2, -0.15) is 0 Å². The van der Waals surface area contributed by atoms with Gasteiger partial charge in [-0.3, -0.25) is 0 Å². The van der Waals surface area contributed by atoms with Gasteiger partial charge in [0.15, 0.2) is 0 Å². The van der Waals surface area contributed by atoms with Gasteiger partial charge in [-0.15, -0.1) is 0 Å². The summed E-state index contributed by atoms with van der Waals surface area (Å²) in [5, 5.41) is 10.4. The molecule has 3 heteroatoms. The summed E-state index contributed by atoms with van der Waals surface area (Å²) in [4.78, 5) is 0. The summed E-state index contributed by atoms with van der Waals surface area (Å²) >= 11 is 12.0. The third-order valence-electron chi connectivity index (χ3n) is 2.11. The Bertz CT molecular complexity index is 495. The van der Waals surface area contributed by atoms with Crippen molar-refractivity contribution >= 4 is 23.2 Å². The van der Waals surface area contributed by atoms with Crippen LogP contribution in [-0.2, 0) is 0 Å². The predicted molar refractivity (Wildman–Crippen MR) is 63.6 cm³/mol. The van der Waals surface area contributed by atoms with Crippen molar-refractivity contribution in [1.82, 2.24) is 0 Å². The summed E-state index contributed by atoms with van der Waals surface area (Å²) in [6, 6.07) is 12.3. The molecular formula is C12H8Cl2O. The van der Waals surface area contributed by atoms with Gasteiger partial charge in [-0.05, 0) is 23.8 Å². The molecule has 0 aromatic heterocycles. The zero-order valence-corrected chi connectivity index (χ0v) is 9.26. The number of benzene rings is 2. The normalized spacial score (nSPS) is 10.3. The molecule has 0 heterocycles. The van der Waals surface area contributed by atoms with E-state index in [1.54, 1.807) is 24.3 Å². The van der Waals surface area contributed by atoms with Crippen molar-refractivity contribution < 1.29 is 5.11 Å². The maximum atomic E-state index is 9.36. The molecule has 0 saturated heterocycles. The summed E-state index contributed by atoms with van der Waals surface area (Å²) in [5.74, 6) is 0.212. The van der Waals surface area contributed by atoms with Crippen LogP contribution in [0.2, 0.25) is 10.0 Å². The summed E-state index contributed by atoms with van der Waals surface area (Å²) in [7, 11) is 0. The van der Waals surface area contributed by atoms with E-state index in [-0.39, 0.29) is 5.75 Å². The molecule has 1 nitrogen and oxygen atoms in total. The van der Waals surface area contributed by atoms with E-state index in [9.17, 15) is 5.11 Å². The number of hydrogen-bond acceptors (Lipinski definition) is 1. The molecule has 0 unspecified atom stereocenters. The second-order valence-corrected chi connectivity index (χ2v) is 3.94. The lowest BCUT2D eigenvalue weighted by atomic mass is 10.1. The number of phenolic OH excluding ortho intramolecular Hbond substituents is 1. The van der Waals surface area contributed by atoms with Gasteiger partial charge in [-0.1, -0.05) is 47.5 Å². The minimum absolute atomic E-state index is 0.212. The molecule has 2 aromatic carbocycles. The van der Waals surface area contributed by atoms with Crippen molar-refractivity contribution in [3.63, 3.8) is 0 Å². The lowest BCUT2D eigenvalue weighted by molar-refractivity contribution is 0.475. The number of hydrogen-bond donors (Lipinski definition) is 1. The number of halogens is 2. The summed E-state index contributed by atoms with van der Waals surface area (Å²) in [5.41, 5.74) is 1.67. The topological polar surface area (TPSA) is 20.2 Å². The van der Waals surface area contributed by atoms with Crippen molar-refractivity contribution in [2.45, 2.75) is 0 Å². The van der Waals surface area contributed by atoms with Crippen LogP contribution in [0.15, 0.2) is 42.5 Å². The van der Waals surface area contributed by atoms with Crippen LogP contribution < -0.4 is 0 Å². The summed E-state index contributed by atoms with van der Waals surface area (Å²) in [6.45, 7) is 0. The molecule has 0 amide bonds. The van der Waals surface area contributed by atoms with Gasteiger partial charge in [-0.25, -0.2) is 0 Å². The minimum atomic E-state index is 0.212. The minimum Gasteiger partial charge on any atom is -0.508 e. The van der Waals surface area contributed by atoms with Crippen LogP contribution in [0.5, 0.6) is 5.75 Å². The smallest absolute Gasteiger partial charge is 0.116 e. The Balaban J connectivity index is 2.59. The molecule has 0 bridgehead atoms. The average Bonchev–Trinajstić information content (AvgIpc) is 2.22. The first kappa shape index (κ1) is 10.3. The molecule has 0 saturated carbocycles. The fourth-order valence-corrected chi connectivity index (χ4v) is 1.81. The molecule has 2 aromatic rings. The standard InChI is InChI=1S/C12H8Cl2O/c13-11-6-2-5-10(12(11)14)8-3-1-4-9(15)7-8/h1-7,15H. The van der Waals surface area contributed by atoms with Crippen molar-refractivity contribution in [3.8, 4) is 16.9 Å². The Morgan fingerprint density at radius 2 is 1.67 bits per heavy atom. The first-order valence-electron chi connectivity index (χ1n) is 4.42. The number of phenols is 1. The zero-order valence-electron chi connectivity index (χ0n) is 7.74. The van der Waals surface area contributed by atoms with Crippen LogP contribution in [-0.4, -0.2) is 5.11 Å². The zero-order chi connectivity index (χ0) is 10.8. The highest BCUT2D eigenvalue weighted by Crippen LogP contribution is 2.34. The maximum absolute atomic E-state index is 9.36. The third-order valence-corrected chi connectivity index (χ3v) is 2.93. The molecule has 0 spiro atoms. The summed E-state index contributed by atoms with van der Waals surface area (Å²) < 4.78 is 0. The number of aromatic hydroxyl groups is 1. The Morgan fingerprint density at radius 3 is 2.40 bits per heavy atom. The first-order valence-corrected chi connectivity index (χ1v) is 5.17. The van der Waals surface area contributed by atoms with Crippen molar-refractivity contribution in [2.75, 3.05) is 0 Å². The van der Waals surface area contributed by atoms with E-state index < -0.39 is 0 Å². The number of rotatable bonds is 1. The van der Waals surface area contributed by atoms with Gasteiger partial charge in [0, 0.05) is 5.56 Å². The van der Waals surface area contributed by atoms with Gasteiger partial charge in [0.2, 0.25) is 0 Å². The maximum Gasteiger partial charge on any atom is 0.116 e. The second-order valence-electron chi connectivity index (χ2n) is 3.15. The molecule has 2 rings (SSSR count). The summed E-state index contributed by atoms with van der Waals surface area (Å²) in [6.07, 6.45) is 0.